The number of nitrogens with one attached hydrogen (secondary N) is 1. The van der Waals surface area contributed by atoms with Crippen molar-refractivity contribution in [2.75, 3.05) is 18.2 Å². The first-order valence-electron chi connectivity index (χ1n) is 6.94. The van der Waals surface area contributed by atoms with Gasteiger partial charge in [-0.1, -0.05) is 27.7 Å². The molecular formula is C16H26N2O2. The first-order chi connectivity index (χ1) is 9.21. The van der Waals surface area contributed by atoms with E-state index in [-0.39, 0.29) is 11.3 Å². The van der Waals surface area contributed by atoms with E-state index in [0.717, 1.165) is 6.42 Å². The molecule has 0 aromatic heterocycles. The molecule has 1 aromatic carbocycles. The van der Waals surface area contributed by atoms with Gasteiger partial charge in [0.25, 0.3) is 0 Å². The lowest BCUT2D eigenvalue weighted by Crippen LogP contribution is -2.18. The van der Waals surface area contributed by atoms with Gasteiger partial charge in [0.2, 0.25) is 5.91 Å². The number of nitrogens with two attached hydrogens (primary N) is 1. The van der Waals surface area contributed by atoms with Crippen LogP contribution < -0.4 is 15.8 Å². The summed E-state index contributed by atoms with van der Waals surface area (Å²) in [5.41, 5.74) is 7.28. The van der Waals surface area contributed by atoms with Crippen LogP contribution in [0, 0.1) is 11.3 Å². The highest BCUT2D eigenvalue weighted by Crippen LogP contribution is 2.27. The monoisotopic (exact) mass is 278 g/mol. The molecule has 0 saturated carbocycles. The van der Waals surface area contributed by atoms with Crippen molar-refractivity contribution in [2.24, 2.45) is 11.3 Å². The molecule has 4 nitrogen and oxygen atoms in total. The Labute approximate surface area is 121 Å². The van der Waals surface area contributed by atoms with E-state index in [1.165, 1.54) is 0 Å². The highest BCUT2D eigenvalue weighted by molar-refractivity contribution is 5.91. The summed E-state index contributed by atoms with van der Waals surface area (Å²) < 4.78 is 5.09. The summed E-state index contributed by atoms with van der Waals surface area (Å²) in [4.78, 5) is 12.0. The molecule has 112 valence electrons. The molecule has 0 spiro atoms. The molecule has 20 heavy (non-hydrogen) atoms. The second-order valence-electron chi connectivity index (χ2n) is 6.58. The molecule has 0 heterocycles. The maximum atomic E-state index is 12.0. The van der Waals surface area contributed by atoms with Crippen LogP contribution in [0.4, 0.5) is 11.4 Å². The highest BCUT2D eigenvalue weighted by atomic mass is 16.5. The second-order valence-corrected chi connectivity index (χ2v) is 6.58. The molecular weight excluding hydrogens is 252 g/mol. The van der Waals surface area contributed by atoms with Crippen molar-refractivity contribution in [3.05, 3.63) is 18.2 Å². The fourth-order valence-electron chi connectivity index (χ4n) is 2.46. The Balaban J connectivity index is 2.56. The average Bonchev–Trinajstić information content (AvgIpc) is 2.25. The van der Waals surface area contributed by atoms with E-state index in [9.17, 15) is 4.79 Å². The Morgan fingerprint density at radius 1 is 1.40 bits per heavy atom. The molecule has 0 aliphatic rings. The van der Waals surface area contributed by atoms with Crippen LogP contribution in [0.1, 0.15) is 40.5 Å². The summed E-state index contributed by atoms with van der Waals surface area (Å²) in [5.74, 6) is 0.987. The molecule has 3 N–H and O–H groups in total. The standard InChI is InChI=1S/C16H26N2O2/c1-11(10-16(2,3)4)8-15(19)18-12-6-7-14(20-5)13(17)9-12/h6-7,9,11H,8,10,17H2,1-5H3,(H,18,19). The van der Waals surface area contributed by atoms with Crippen LogP contribution >= 0.6 is 0 Å². The van der Waals surface area contributed by atoms with Crippen LogP contribution in [0.5, 0.6) is 5.75 Å². The van der Waals surface area contributed by atoms with Crippen LogP contribution in [0.2, 0.25) is 0 Å². The lowest BCUT2D eigenvalue weighted by Gasteiger charge is -2.22. The Bertz CT molecular complexity index is 464. The molecule has 1 aromatic rings. The van der Waals surface area contributed by atoms with Crippen molar-refractivity contribution in [1.29, 1.82) is 0 Å². The molecule has 0 saturated heterocycles. The molecule has 0 aliphatic carbocycles. The summed E-state index contributed by atoms with van der Waals surface area (Å²) in [5, 5.41) is 2.88. The number of carbonyl (C=O) groups excluding carboxylic acids is 1. The van der Waals surface area contributed by atoms with Crippen LogP contribution in [-0.4, -0.2) is 13.0 Å². The van der Waals surface area contributed by atoms with Gasteiger partial charge in [-0.3, -0.25) is 4.79 Å². The van der Waals surface area contributed by atoms with Gasteiger partial charge in [0.1, 0.15) is 5.75 Å². The van der Waals surface area contributed by atoms with Gasteiger partial charge in [0.05, 0.1) is 12.8 Å². The van der Waals surface area contributed by atoms with E-state index in [0.29, 0.717) is 29.5 Å². The third-order valence-electron chi connectivity index (χ3n) is 3.01. The number of rotatable bonds is 5. The molecule has 1 amide bonds. The summed E-state index contributed by atoms with van der Waals surface area (Å²) in [6, 6.07) is 5.26. The minimum Gasteiger partial charge on any atom is -0.495 e. The van der Waals surface area contributed by atoms with Crippen LogP contribution in [0.15, 0.2) is 18.2 Å². The first-order valence-corrected chi connectivity index (χ1v) is 6.94. The quantitative estimate of drug-likeness (QED) is 0.807. The zero-order chi connectivity index (χ0) is 15.3. The fraction of sp³-hybridized carbons (Fsp3) is 0.562. The summed E-state index contributed by atoms with van der Waals surface area (Å²) in [6.07, 6.45) is 1.54. The van der Waals surface area contributed by atoms with Crippen LogP contribution in [0.3, 0.4) is 0 Å². The second kappa shape index (κ2) is 6.64. The maximum absolute atomic E-state index is 12.0. The average molecular weight is 278 g/mol. The van der Waals surface area contributed by atoms with E-state index in [2.05, 4.69) is 33.0 Å². The lowest BCUT2D eigenvalue weighted by atomic mass is 9.84. The van der Waals surface area contributed by atoms with Crippen molar-refractivity contribution in [1.82, 2.24) is 0 Å². The summed E-state index contributed by atoms with van der Waals surface area (Å²) >= 11 is 0. The van der Waals surface area contributed by atoms with Gasteiger partial charge in [0, 0.05) is 12.1 Å². The third kappa shape index (κ3) is 5.51. The Hall–Kier alpha value is -1.71. The number of carbonyl (C=O) groups is 1. The van der Waals surface area contributed by atoms with E-state index < -0.39 is 0 Å². The topological polar surface area (TPSA) is 64.3 Å². The van der Waals surface area contributed by atoms with E-state index in [1.54, 1.807) is 25.3 Å². The molecule has 1 rings (SSSR count). The predicted molar refractivity (Wildman–Crippen MR) is 83.9 cm³/mol. The Kier molecular flexibility index (Phi) is 5.43. The minimum atomic E-state index is 0.0197. The van der Waals surface area contributed by atoms with Gasteiger partial charge in [-0.15, -0.1) is 0 Å². The van der Waals surface area contributed by atoms with Gasteiger partial charge in [-0.05, 0) is 36.0 Å². The molecule has 0 aliphatic heterocycles. The molecule has 0 radical (unpaired) electrons. The third-order valence-corrected chi connectivity index (χ3v) is 3.01. The van der Waals surface area contributed by atoms with Gasteiger partial charge in [-0.2, -0.15) is 0 Å². The Morgan fingerprint density at radius 2 is 2.05 bits per heavy atom. The van der Waals surface area contributed by atoms with Crippen molar-refractivity contribution >= 4 is 17.3 Å². The fourth-order valence-corrected chi connectivity index (χ4v) is 2.46. The molecule has 4 heteroatoms. The number of nitrogen functional groups attached to an aromatic ring is 1. The van der Waals surface area contributed by atoms with E-state index in [1.807, 2.05) is 0 Å². The largest absolute Gasteiger partial charge is 0.495 e. The maximum Gasteiger partial charge on any atom is 0.224 e. The number of amides is 1. The summed E-state index contributed by atoms with van der Waals surface area (Å²) in [7, 11) is 1.57. The molecule has 0 fully saturated rings. The van der Waals surface area contributed by atoms with Gasteiger partial charge >= 0.3 is 0 Å². The molecule has 1 unspecified atom stereocenters. The predicted octanol–water partition coefficient (Wildman–Crippen LogP) is 3.68. The summed E-state index contributed by atoms with van der Waals surface area (Å²) in [6.45, 7) is 8.66. The number of methoxy groups -OCH3 is 1. The van der Waals surface area contributed by atoms with Crippen molar-refractivity contribution in [3.63, 3.8) is 0 Å². The first kappa shape index (κ1) is 16.3. The SMILES string of the molecule is COc1ccc(NC(=O)CC(C)CC(C)(C)C)cc1N. The van der Waals surface area contributed by atoms with Gasteiger partial charge < -0.3 is 15.8 Å². The highest BCUT2D eigenvalue weighted by Gasteiger charge is 2.17. The normalized spacial score (nSPS) is 12.8. The minimum absolute atomic E-state index is 0.0197. The Morgan fingerprint density at radius 3 is 2.55 bits per heavy atom. The van der Waals surface area contributed by atoms with Crippen molar-refractivity contribution in [3.8, 4) is 5.75 Å². The van der Waals surface area contributed by atoms with Crippen molar-refractivity contribution in [2.45, 2.75) is 40.5 Å². The number of ether oxygens (including phenoxy) is 1. The zero-order valence-electron chi connectivity index (χ0n) is 13.1. The van der Waals surface area contributed by atoms with Crippen LogP contribution in [0.25, 0.3) is 0 Å². The number of hydrogen-bond donors (Lipinski definition) is 2. The van der Waals surface area contributed by atoms with E-state index in [4.69, 9.17) is 10.5 Å². The number of benzene rings is 1. The zero-order valence-corrected chi connectivity index (χ0v) is 13.1. The molecule has 0 bridgehead atoms. The smallest absolute Gasteiger partial charge is 0.224 e. The van der Waals surface area contributed by atoms with Crippen LogP contribution in [-0.2, 0) is 4.79 Å². The van der Waals surface area contributed by atoms with Gasteiger partial charge in [-0.25, -0.2) is 0 Å². The number of hydrogen-bond acceptors (Lipinski definition) is 3. The molecule has 1 atom stereocenters. The lowest BCUT2D eigenvalue weighted by molar-refractivity contribution is -0.117. The van der Waals surface area contributed by atoms with Gasteiger partial charge in [0.15, 0.2) is 0 Å². The number of anilines is 2. The van der Waals surface area contributed by atoms with Crippen molar-refractivity contribution < 1.29 is 9.53 Å². The van der Waals surface area contributed by atoms with E-state index >= 15 is 0 Å².